The van der Waals surface area contributed by atoms with Gasteiger partial charge < -0.3 is 9.97 Å². The normalized spacial score (nSPS) is 10.8. The zero-order valence-electron chi connectivity index (χ0n) is 52.1. The van der Waals surface area contributed by atoms with Crippen molar-refractivity contribution >= 4 is 45.4 Å². The number of fused-ring (bicyclic) bond motifs is 8. The van der Waals surface area contributed by atoms with Crippen molar-refractivity contribution < 1.29 is 16.5 Å². The third-order valence-electron chi connectivity index (χ3n) is 16.3. The molecule has 0 saturated carbocycles. The summed E-state index contributed by atoms with van der Waals surface area (Å²) in [5.74, 6) is 44.1. The summed E-state index contributed by atoms with van der Waals surface area (Å²) < 4.78 is 0. The van der Waals surface area contributed by atoms with E-state index in [4.69, 9.17) is 19.9 Å². The zero-order chi connectivity index (χ0) is 64.2. The van der Waals surface area contributed by atoms with Crippen molar-refractivity contribution in [1.82, 2.24) is 19.9 Å². The quantitative estimate of drug-likeness (QED) is 0.130. The van der Waals surface area contributed by atoms with Crippen LogP contribution in [0.4, 0.5) is 0 Å². The fourth-order valence-electron chi connectivity index (χ4n) is 11.8. The average molecular weight is 1270 g/mol. The van der Waals surface area contributed by atoms with Gasteiger partial charge in [-0.25, -0.2) is 9.97 Å². The number of hydrogen-bond acceptors (Lipinski definition) is 2. The van der Waals surface area contributed by atoms with Gasteiger partial charge in [0.05, 0.1) is 33.9 Å². The standard InChI is InChI=1S/C92H52N4.Ni/c1-11-31-65(32-12-1)51-57-75-77(59-53-67-35-15-3-16-36-67)89-85(73-47-27-9-28-48-73)91-79(61-55-69-39-19-5-20-40-69)80(62-56-70-41-21-6-22-42-70)92(96-91)86(74-49-29-10-30-50-74)90-78(60-54-68-37-17-4-18-38-68)76(58-52-66-33-13-2-14-34-66)88(95-90)84(72-45-25-8-26-46-72)82-64-63-81(93-82)83(87(75)94-89)71-43-23-7-24-44-71;/h1-50,63-64H;/q-2;+2. The van der Waals surface area contributed by atoms with Gasteiger partial charge in [-0.2, -0.15) is 0 Å². The smallest absolute Gasteiger partial charge is 0.655 e. The second-order valence-corrected chi connectivity index (χ2v) is 22.6. The van der Waals surface area contributed by atoms with Crippen LogP contribution in [0.1, 0.15) is 78.4 Å². The molecule has 5 heteroatoms. The Balaban J connectivity index is 0.00000807. The van der Waals surface area contributed by atoms with Crippen LogP contribution in [0, 0.1) is 71.0 Å². The predicted octanol–water partition coefficient (Wildman–Crippen LogP) is 19.0. The van der Waals surface area contributed by atoms with Gasteiger partial charge in [0, 0.05) is 55.6 Å². The average Bonchev–Trinajstić information content (AvgIpc) is 1.58. The van der Waals surface area contributed by atoms with E-state index in [0.717, 1.165) is 66.8 Å². The number of aromatic nitrogens is 4. The molecule has 450 valence electrons. The van der Waals surface area contributed by atoms with E-state index in [1.807, 2.05) is 255 Å². The van der Waals surface area contributed by atoms with Gasteiger partial charge in [0.15, 0.2) is 0 Å². The summed E-state index contributed by atoms with van der Waals surface area (Å²) in [5.41, 5.74) is 19.1. The van der Waals surface area contributed by atoms with Gasteiger partial charge in [-0.1, -0.05) is 302 Å². The molecule has 10 aromatic carbocycles. The summed E-state index contributed by atoms with van der Waals surface area (Å²) in [7, 11) is 0. The maximum Gasteiger partial charge on any atom is 2.00 e. The van der Waals surface area contributed by atoms with Crippen LogP contribution in [-0.4, -0.2) is 9.97 Å². The third-order valence-corrected chi connectivity index (χ3v) is 16.3. The first-order valence-electron chi connectivity index (χ1n) is 31.6. The van der Waals surface area contributed by atoms with Crippen molar-refractivity contribution in [2.45, 2.75) is 0 Å². The molecule has 0 fully saturated rings. The zero-order valence-corrected chi connectivity index (χ0v) is 53.1. The van der Waals surface area contributed by atoms with Gasteiger partial charge in [-0.15, -0.1) is 22.1 Å². The minimum Gasteiger partial charge on any atom is -0.655 e. The molecule has 2 aliphatic rings. The summed E-state index contributed by atoms with van der Waals surface area (Å²) in [4.78, 5) is 24.0. The van der Waals surface area contributed by atoms with Gasteiger partial charge in [0.2, 0.25) is 0 Å². The molecule has 97 heavy (non-hydrogen) atoms. The molecule has 4 nitrogen and oxygen atoms in total. The van der Waals surface area contributed by atoms with Gasteiger partial charge in [-0.3, -0.25) is 0 Å². The maximum atomic E-state index is 6.12. The molecule has 0 unspecified atom stereocenters. The first-order valence-corrected chi connectivity index (χ1v) is 31.6. The Hall–Kier alpha value is -13.3. The second kappa shape index (κ2) is 28.7. The molecule has 0 saturated heterocycles. The van der Waals surface area contributed by atoms with E-state index < -0.39 is 0 Å². The predicted molar refractivity (Wildman–Crippen MR) is 393 cm³/mol. The topological polar surface area (TPSA) is 54.0 Å². The Labute approximate surface area is 575 Å². The molecule has 15 rings (SSSR count). The monoisotopic (exact) mass is 1270 g/mol. The van der Waals surface area contributed by atoms with Gasteiger partial charge in [0.25, 0.3) is 0 Å². The number of hydrogen-bond donors (Lipinski definition) is 0. The molecule has 5 heterocycles. The fourth-order valence-corrected chi connectivity index (χ4v) is 11.8. The van der Waals surface area contributed by atoms with Crippen LogP contribution < -0.4 is 9.97 Å². The van der Waals surface area contributed by atoms with Crippen molar-refractivity contribution in [3.05, 3.63) is 382 Å². The molecule has 0 amide bonds. The van der Waals surface area contributed by atoms with Gasteiger partial charge in [-0.05, 0) is 129 Å². The van der Waals surface area contributed by atoms with E-state index in [-0.39, 0.29) is 16.5 Å². The van der Waals surface area contributed by atoms with Crippen molar-refractivity contribution in [2.24, 2.45) is 0 Å². The Morgan fingerprint density at radius 1 is 0.206 bits per heavy atom. The summed E-state index contributed by atoms with van der Waals surface area (Å²) in [6.07, 6.45) is 4.16. The minimum atomic E-state index is 0. The van der Waals surface area contributed by atoms with E-state index in [2.05, 4.69) is 132 Å². The fraction of sp³-hybridized carbons (Fsp3) is 0. The van der Waals surface area contributed by atoms with E-state index in [9.17, 15) is 0 Å². The van der Waals surface area contributed by atoms with Crippen molar-refractivity contribution in [2.75, 3.05) is 0 Å². The second-order valence-electron chi connectivity index (χ2n) is 22.6. The minimum absolute atomic E-state index is 0. The van der Waals surface area contributed by atoms with Crippen LogP contribution in [-0.2, 0) is 16.5 Å². The molecule has 2 aliphatic heterocycles. The Morgan fingerprint density at radius 3 is 0.660 bits per heavy atom. The van der Waals surface area contributed by atoms with Crippen molar-refractivity contribution in [3.63, 3.8) is 0 Å². The number of nitrogens with zero attached hydrogens (tertiary/aromatic N) is 4. The van der Waals surface area contributed by atoms with Crippen molar-refractivity contribution in [1.29, 1.82) is 0 Å². The molecule has 0 spiro atoms. The summed E-state index contributed by atoms with van der Waals surface area (Å²) in [6, 6.07) is 101. The van der Waals surface area contributed by atoms with E-state index >= 15 is 0 Å². The molecule has 0 atom stereocenters. The van der Waals surface area contributed by atoms with Crippen LogP contribution in [0.15, 0.2) is 303 Å². The summed E-state index contributed by atoms with van der Waals surface area (Å²) in [6.45, 7) is 0. The Bertz CT molecular complexity index is 5420. The largest absolute Gasteiger partial charge is 2.00 e. The maximum absolute atomic E-state index is 6.12. The summed E-state index contributed by atoms with van der Waals surface area (Å²) >= 11 is 0. The molecule has 0 N–H and O–H groups in total. The van der Waals surface area contributed by atoms with E-state index in [1.165, 1.54) is 0 Å². The van der Waals surface area contributed by atoms with Gasteiger partial charge >= 0.3 is 16.5 Å². The van der Waals surface area contributed by atoms with Crippen LogP contribution in [0.3, 0.4) is 0 Å². The molecule has 3 aromatic heterocycles. The van der Waals surface area contributed by atoms with Crippen LogP contribution in [0.2, 0.25) is 0 Å². The number of rotatable bonds is 4. The Morgan fingerprint density at radius 2 is 0.412 bits per heavy atom. The van der Waals surface area contributed by atoms with Crippen LogP contribution in [0.25, 0.3) is 89.9 Å². The number of benzene rings is 10. The molecule has 8 bridgehead atoms. The third kappa shape index (κ3) is 13.2. The summed E-state index contributed by atoms with van der Waals surface area (Å²) in [5, 5.41) is 0. The van der Waals surface area contributed by atoms with Crippen molar-refractivity contribution in [3.8, 4) is 116 Å². The Kier molecular flexibility index (Phi) is 18.1. The molecule has 0 radical (unpaired) electrons. The van der Waals surface area contributed by atoms with E-state index in [0.29, 0.717) is 89.4 Å². The van der Waals surface area contributed by atoms with E-state index in [1.54, 1.807) is 0 Å². The SMILES string of the molecule is C(#Cc1ccccc1)C1=C(C#Cc2ccccc2)c2nc1c(-c1ccccc1)c1[n-]c(c(C#Cc3ccccc3)c1C#Cc1ccccc1)c(-c1ccccc1)c1nc(c(-c3ccccc3)c3[n-]c(c(C#Cc4ccccc4)c3C#Cc3ccccc3)c2-c2ccccc2)C=C1.[Ni+2]. The molecule has 0 aliphatic carbocycles. The van der Waals surface area contributed by atoms with Crippen LogP contribution in [0.5, 0.6) is 0 Å². The first kappa shape index (κ1) is 61.2. The molecular formula is C92H52N4Ni. The molecule has 13 aromatic rings. The number of allylic oxidation sites excluding steroid dienone is 2. The van der Waals surface area contributed by atoms with Gasteiger partial charge in [0.1, 0.15) is 0 Å². The van der Waals surface area contributed by atoms with Crippen LogP contribution >= 0.6 is 0 Å². The first-order chi connectivity index (χ1) is 47.6. The molecular weight excluding hydrogens is 1220 g/mol.